The molecule has 2 aromatic carbocycles. The Morgan fingerprint density at radius 1 is 1.24 bits per heavy atom. The fraction of sp³-hybridized carbons (Fsp3) is 0.263. The van der Waals surface area contributed by atoms with Crippen molar-refractivity contribution in [3.8, 4) is 5.75 Å². The van der Waals surface area contributed by atoms with Crippen LogP contribution in [0.15, 0.2) is 42.5 Å². The van der Waals surface area contributed by atoms with E-state index in [0.717, 1.165) is 24.1 Å². The van der Waals surface area contributed by atoms with Crippen LogP contribution in [0, 0.1) is 6.92 Å². The van der Waals surface area contributed by atoms with Gasteiger partial charge in [0, 0.05) is 16.3 Å². The summed E-state index contributed by atoms with van der Waals surface area (Å²) in [6, 6.07) is 12.5. The molecule has 0 radical (unpaired) electrons. The van der Waals surface area contributed by atoms with Crippen LogP contribution in [0.3, 0.4) is 0 Å². The number of ether oxygens (including phenoxy) is 1. The third-order valence-corrected chi connectivity index (χ3v) is 4.13. The maximum atomic E-state index is 12.3. The van der Waals surface area contributed by atoms with Gasteiger partial charge in [0.25, 0.3) is 5.91 Å². The number of thiocarbonyl (C=S) groups is 1. The smallest absolute Gasteiger partial charge is 0.257 e. The van der Waals surface area contributed by atoms with E-state index in [0.29, 0.717) is 22.9 Å². The molecule has 0 unspecified atom stereocenters. The molecule has 0 atom stereocenters. The van der Waals surface area contributed by atoms with Gasteiger partial charge in [-0.3, -0.25) is 10.1 Å². The summed E-state index contributed by atoms with van der Waals surface area (Å²) in [7, 11) is 0. The summed E-state index contributed by atoms with van der Waals surface area (Å²) in [6.45, 7) is 4.65. The van der Waals surface area contributed by atoms with Crippen molar-refractivity contribution in [2.24, 2.45) is 0 Å². The molecule has 0 saturated heterocycles. The Morgan fingerprint density at radius 2 is 2.04 bits per heavy atom. The molecular weight excluding hydrogens is 356 g/mol. The summed E-state index contributed by atoms with van der Waals surface area (Å²) in [6.07, 6.45) is 2.03. The first kappa shape index (κ1) is 19.2. The van der Waals surface area contributed by atoms with E-state index in [9.17, 15) is 4.79 Å². The van der Waals surface area contributed by atoms with Crippen molar-refractivity contribution in [3.63, 3.8) is 0 Å². The largest absolute Gasteiger partial charge is 0.494 e. The van der Waals surface area contributed by atoms with Crippen LogP contribution in [0.2, 0.25) is 5.02 Å². The summed E-state index contributed by atoms with van der Waals surface area (Å²) in [5.41, 5.74) is 2.18. The zero-order chi connectivity index (χ0) is 18.2. The Kier molecular flexibility index (Phi) is 7.22. The summed E-state index contributed by atoms with van der Waals surface area (Å²) >= 11 is 11.3. The topological polar surface area (TPSA) is 50.4 Å². The van der Waals surface area contributed by atoms with Gasteiger partial charge in [-0.2, -0.15) is 0 Å². The Labute approximate surface area is 158 Å². The van der Waals surface area contributed by atoms with Crippen molar-refractivity contribution in [1.29, 1.82) is 0 Å². The van der Waals surface area contributed by atoms with Crippen molar-refractivity contribution < 1.29 is 9.53 Å². The van der Waals surface area contributed by atoms with Crippen LogP contribution in [0.5, 0.6) is 5.75 Å². The van der Waals surface area contributed by atoms with E-state index < -0.39 is 0 Å². The van der Waals surface area contributed by atoms with Gasteiger partial charge in [-0.25, -0.2) is 0 Å². The normalized spacial score (nSPS) is 10.2. The Bertz CT molecular complexity index is 765. The Morgan fingerprint density at radius 3 is 2.76 bits per heavy atom. The molecule has 0 aliphatic carbocycles. The molecule has 0 aliphatic rings. The zero-order valence-corrected chi connectivity index (χ0v) is 15.8. The minimum atomic E-state index is -0.295. The highest BCUT2D eigenvalue weighted by Crippen LogP contribution is 2.20. The van der Waals surface area contributed by atoms with Crippen LogP contribution < -0.4 is 15.4 Å². The first-order chi connectivity index (χ1) is 12.0. The number of carbonyl (C=O) groups excluding carboxylic acids is 1. The molecule has 0 saturated carbocycles. The van der Waals surface area contributed by atoms with Gasteiger partial charge < -0.3 is 10.1 Å². The van der Waals surface area contributed by atoms with Gasteiger partial charge in [0.2, 0.25) is 0 Å². The van der Waals surface area contributed by atoms with Crippen LogP contribution in [0.1, 0.15) is 35.7 Å². The minimum absolute atomic E-state index is 0.210. The molecule has 2 N–H and O–H groups in total. The van der Waals surface area contributed by atoms with Crippen LogP contribution in [0.25, 0.3) is 0 Å². The second-order valence-electron chi connectivity index (χ2n) is 5.60. The average Bonchev–Trinajstić information content (AvgIpc) is 2.58. The Hall–Kier alpha value is -2.11. The number of unbranched alkanes of at least 4 members (excludes halogenated alkanes) is 1. The number of benzene rings is 2. The lowest BCUT2D eigenvalue weighted by molar-refractivity contribution is 0.0977. The van der Waals surface area contributed by atoms with Crippen LogP contribution in [-0.2, 0) is 0 Å². The third kappa shape index (κ3) is 6.03. The van der Waals surface area contributed by atoms with E-state index in [-0.39, 0.29) is 11.0 Å². The van der Waals surface area contributed by atoms with Gasteiger partial charge in [-0.05, 0) is 61.5 Å². The van der Waals surface area contributed by atoms with Crippen molar-refractivity contribution in [1.82, 2.24) is 5.32 Å². The number of hydrogen-bond acceptors (Lipinski definition) is 3. The number of aryl methyl sites for hydroxylation is 1. The molecule has 2 aromatic rings. The number of nitrogens with one attached hydrogen (secondary N) is 2. The van der Waals surface area contributed by atoms with Crippen LogP contribution in [0.4, 0.5) is 5.69 Å². The SMILES string of the molecule is CCCCOc1cccc(C(=O)NC(=S)Nc2ccc(C)c(Cl)c2)c1. The fourth-order valence-corrected chi connectivity index (χ4v) is 2.46. The molecule has 2 rings (SSSR count). The predicted octanol–water partition coefficient (Wildman–Crippen LogP) is 4.95. The number of amides is 1. The van der Waals surface area contributed by atoms with Crippen molar-refractivity contribution >= 4 is 40.5 Å². The van der Waals surface area contributed by atoms with Crippen LogP contribution in [-0.4, -0.2) is 17.6 Å². The number of hydrogen-bond donors (Lipinski definition) is 2. The first-order valence-corrected chi connectivity index (χ1v) is 8.89. The maximum absolute atomic E-state index is 12.3. The molecule has 0 spiro atoms. The number of carbonyl (C=O) groups is 1. The lowest BCUT2D eigenvalue weighted by Gasteiger charge is -2.11. The van der Waals surface area contributed by atoms with Gasteiger partial charge in [-0.15, -0.1) is 0 Å². The molecule has 25 heavy (non-hydrogen) atoms. The molecule has 0 fully saturated rings. The summed E-state index contributed by atoms with van der Waals surface area (Å²) in [4.78, 5) is 12.3. The van der Waals surface area contributed by atoms with Gasteiger partial charge in [0.15, 0.2) is 5.11 Å². The van der Waals surface area contributed by atoms with E-state index in [1.165, 1.54) is 0 Å². The van der Waals surface area contributed by atoms with Gasteiger partial charge in [-0.1, -0.05) is 37.1 Å². The summed E-state index contributed by atoms with van der Waals surface area (Å²) in [5.74, 6) is 0.377. The van der Waals surface area contributed by atoms with Crippen molar-refractivity contribution in [3.05, 3.63) is 58.6 Å². The third-order valence-electron chi connectivity index (χ3n) is 3.52. The summed E-state index contributed by atoms with van der Waals surface area (Å²) in [5, 5.41) is 6.45. The first-order valence-electron chi connectivity index (χ1n) is 8.11. The van der Waals surface area contributed by atoms with E-state index in [1.807, 2.05) is 25.1 Å². The number of rotatable bonds is 6. The highest BCUT2D eigenvalue weighted by Gasteiger charge is 2.09. The second-order valence-corrected chi connectivity index (χ2v) is 6.42. The lowest BCUT2D eigenvalue weighted by atomic mass is 10.2. The standard InChI is InChI=1S/C19H21ClN2O2S/c1-3-4-10-24-16-7-5-6-14(11-16)18(23)22-19(25)21-15-9-8-13(2)17(20)12-15/h5-9,11-12H,3-4,10H2,1-2H3,(H2,21,22,23,25). The molecule has 0 aliphatic heterocycles. The zero-order valence-electron chi connectivity index (χ0n) is 14.3. The minimum Gasteiger partial charge on any atom is -0.494 e. The highest BCUT2D eigenvalue weighted by molar-refractivity contribution is 7.80. The molecule has 6 heteroatoms. The number of halogens is 1. The lowest BCUT2D eigenvalue weighted by Crippen LogP contribution is -2.34. The monoisotopic (exact) mass is 376 g/mol. The fourth-order valence-electron chi connectivity index (χ4n) is 2.07. The number of anilines is 1. The van der Waals surface area contributed by atoms with E-state index in [4.69, 9.17) is 28.6 Å². The van der Waals surface area contributed by atoms with Crippen LogP contribution >= 0.6 is 23.8 Å². The van der Waals surface area contributed by atoms with Crippen molar-refractivity contribution in [2.75, 3.05) is 11.9 Å². The predicted molar refractivity (Wildman–Crippen MR) is 107 cm³/mol. The summed E-state index contributed by atoms with van der Waals surface area (Å²) < 4.78 is 5.62. The maximum Gasteiger partial charge on any atom is 0.257 e. The quantitative estimate of drug-likeness (QED) is 0.553. The molecule has 0 bridgehead atoms. The van der Waals surface area contributed by atoms with Gasteiger partial charge >= 0.3 is 0 Å². The highest BCUT2D eigenvalue weighted by atomic mass is 35.5. The molecule has 0 heterocycles. The van der Waals surface area contributed by atoms with Gasteiger partial charge in [0.1, 0.15) is 5.75 Å². The van der Waals surface area contributed by atoms with E-state index in [2.05, 4.69) is 17.6 Å². The molecule has 1 amide bonds. The van der Waals surface area contributed by atoms with E-state index in [1.54, 1.807) is 24.3 Å². The van der Waals surface area contributed by atoms with Gasteiger partial charge in [0.05, 0.1) is 6.61 Å². The average molecular weight is 377 g/mol. The second kappa shape index (κ2) is 9.39. The van der Waals surface area contributed by atoms with E-state index >= 15 is 0 Å². The van der Waals surface area contributed by atoms with Crippen molar-refractivity contribution in [2.45, 2.75) is 26.7 Å². The molecule has 0 aromatic heterocycles. The Balaban J connectivity index is 1.95. The molecule has 132 valence electrons. The molecular formula is C19H21ClN2O2S. The molecule has 4 nitrogen and oxygen atoms in total.